The van der Waals surface area contributed by atoms with E-state index in [1.54, 1.807) is 25.7 Å². The van der Waals surface area contributed by atoms with Crippen LogP contribution >= 0.6 is 11.3 Å². The van der Waals surface area contributed by atoms with Gasteiger partial charge in [-0.1, -0.05) is 6.07 Å². The standard InChI is InChI=1S/C28H34F2N6O3S/c1-14-5-8-17-22(31)23(40-26(17)32-14)25(37)33-16-7-9-19-15(11-16)6-10-21(34-19)36-12-18(24(29)30)20(13-36)35-27(38)39-28(2,3)4/h5-6,8,10,16,18,20,24H,7,9,11-13,31H2,1-4H3,(H,33,37)(H,35,38)/t16-,18?,20?/m0/s1. The molecule has 3 atom stereocenters. The molecule has 2 aliphatic rings. The van der Waals surface area contributed by atoms with Gasteiger partial charge >= 0.3 is 6.09 Å². The first kappa shape index (κ1) is 28.0. The molecule has 1 aliphatic carbocycles. The number of pyridine rings is 2. The topological polar surface area (TPSA) is 122 Å². The number of nitrogens with two attached hydrogens (primary N) is 1. The lowest BCUT2D eigenvalue weighted by molar-refractivity contribution is 0.0410. The summed E-state index contributed by atoms with van der Waals surface area (Å²) >= 11 is 1.29. The first-order chi connectivity index (χ1) is 18.9. The van der Waals surface area contributed by atoms with E-state index in [2.05, 4.69) is 15.6 Å². The average molecular weight is 573 g/mol. The summed E-state index contributed by atoms with van der Waals surface area (Å²) < 4.78 is 32.9. The van der Waals surface area contributed by atoms with Gasteiger partial charge in [-0.2, -0.15) is 0 Å². The number of ether oxygens (including phenoxy) is 1. The molecule has 4 N–H and O–H groups in total. The summed E-state index contributed by atoms with van der Waals surface area (Å²) in [4.78, 5) is 37.6. The summed E-state index contributed by atoms with van der Waals surface area (Å²) in [5, 5.41) is 6.51. The molecule has 0 bridgehead atoms. The fourth-order valence-electron chi connectivity index (χ4n) is 5.29. The number of hydrogen-bond acceptors (Lipinski definition) is 8. The minimum absolute atomic E-state index is 0.0770. The van der Waals surface area contributed by atoms with Gasteiger partial charge in [0.05, 0.1) is 17.6 Å². The number of nitrogens with zero attached hydrogens (tertiary/aromatic N) is 3. The highest BCUT2D eigenvalue weighted by atomic mass is 32.1. The third kappa shape index (κ3) is 5.96. The fraction of sp³-hybridized carbons (Fsp3) is 0.500. The van der Waals surface area contributed by atoms with Crippen LogP contribution in [-0.2, 0) is 17.6 Å². The van der Waals surface area contributed by atoms with E-state index in [-0.39, 0.29) is 25.0 Å². The zero-order chi connectivity index (χ0) is 28.8. The lowest BCUT2D eigenvalue weighted by Crippen LogP contribution is -2.44. The number of fused-ring (bicyclic) bond motifs is 2. The minimum Gasteiger partial charge on any atom is -0.444 e. The van der Waals surface area contributed by atoms with Gasteiger partial charge in [-0.15, -0.1) is 11.3 Å². The van der Waals surface area contributed by atoms with Gasteiger partial charge in [0.1, 0.15) is 21.1 Å². The maximum absolute atomic E-state index is 13.8. The highest BCUT2D eigenvalue weighted by Gasteiger charge is 2.41. The van der Waals surface area contributed by atoms with E-state index in [1.165, 1.54) is 11.3 Å². The molecule has 3 aromatic heterocycles. The van der Waals surface area contributed by atoms with E-state index in [4.69, 9.17) is 15.5 Å². The Labute approximate surface area is 235 Å². The number of carbonyl (C=O) groups is 2. The Hall–Kier alpha value is -3.54. The summed E-state index contributed by atoms with van der Waals surface area (Å²) in [6.07, 6.45) is -1.36. The Morgan fingerprint density at radius 2 is 1.93 bits per heavy atom. The second kappa shape index (κ2) is 10.8. The Kier molecular flexibility index (Phi) is 7.56. The van der Waals surface area contributed by atoms with Crippen molar-refractivity contribution in [2.24, 2.45) is 5.92 Å². The van der Waals surface area contributed by atoms with Crippen molar-refractivity contribution in [3.63, 3.8) is 0 Å². The fourth-order valence-corrected chi connectivity index (χ4v) is 6.33. The Balaban J connectivity index is 1.24. The maximum Gasteiger partial charge on any atom is 0.407 e. The molecule has 5 rings (SSSR count). The molecule has 0 spiro atoms. The van der Waals surface area contributed by atoms with Crippen LogP contribution in [0.3, 0.4) is 0 Å². The molecule has 0 radical (unpaired) electrons. The first-order valence-corrected chi connectivity index (χ1v) is 14.2. The molecule has 9 nitrogen and oxygen atoms in total. The summed E-state index contributed by atoms with van der Waals surface area (Å²) in [6, 6.07) is 6.69. The van der Waals surface area contributed by atoms with Crippen LogP contribution in [0.5, 0.6) is 0 Å². The third-order valence-corrected chi connectivity index (χ3v) is 8.35. The number of amides is 2. The Bertz CT molecular complexity index is 1440. The van der Waals surface area contributed by atoms with E-state index in [1.807, 2.05) is 31.2 Å². The molecule has 0 aromatic carbocycles. The van der Waals surface area contributed by atoms with Crippen molar-refractivity contribution in [2.45, 2.75) is 71.1 Å². The summed E-state index contributed by atoms with van der Waals surface area (Å²) in [5.74, 6) is -0.651. The number of alkyl halides is 2. The Morgan fingerprint density at radius 1 is 1.15 bits per heavy atom. The minimum atomic E-state index is -2.60. The van der Waals surface area contributed by atoms with E-state index in [0.717, 1.165) is 27.2 Å². The molecule has 12 heteroatoms. The van der Waals surface area contributed by atoms with Gasteiger partial charge < -0.3 is 26.0 Å². The largest absolute Gasteiger partial charge is 0.444 e. The number of rotatable bonds is 5. The number of halogens is 2. The van der Waals surface area contributed by atoms with Crippen molar-refractivity contribution >= 4 is 45.1 Å². The number of nitrogen functional groups attached to an aromatic ring is 1. The predicted molar refractivity (Wildman–Crippen MR) is 151 cm³/mol. The van der Waals surface area contributed by atoms with Gasteiger partial charge in [0.15, 0.2) is 0 Å². The predicted octanol–water partition coefficient (Wildman–Crippen LogP) is 4.46. The van der Waals surface area contributed by atoms with Gasteiger partial charge in [-0.3, -0.25) is 4.79 Å². The number of anilines is 2. The van der Waals surface area contributed by atoms with E-state index in [0.29, 0.717) is 35.6 Å². The van der Waals surface area contributed by atoms with Gasteiger partial charge in [0.2, 0.25) is 6.43 Å². The quantitative estimate of drug-likeness (QED) is 0.413. The van der Waals surface area contributed by atoms with Gasteiger partial charge in [0, 0.05) is 35.9 Å². The number of alkyl carbamates (subject to hydrolysis) is 1. The highest BCUT2D eigenvalue weighted by molar-refractivity contribution is 7.21. The normalized spacial score (nSPS) is 21.0. The number of aryl methyl sites for hydroxylation is 2. The second-order valence-corrected chi connectivity index (χ2v) is 12.5. The highest BCUT2D eigenvalue weighted by Crippen LogP contribution is 2.33. The maximum atomic E-state index is 13.8. The number of thiophene rings is 1. The molecule has 214 valence electrons. The summed E-state index contributed by atoms with van der Waals surface area (Å²) in [5.41, 5.74) is 8.75. The Morgan fingerprint density at radius 3 is 2.65 bits per heavy atom. The first-order valence-electron chi connectivity index (χ1n) is 13.4. The van der Waals surface area contributed by atoms with Crippen LogP contribution < -0.4 is 21.3 Å². The molecular weight excluding hydrogens is 538 g/mol. The summed E-state index contributed by atoms with van der Waals surface area (Å²) in [7, 11) is 0. The smallest absolute Gasteiger partial charge is 0.407 e. The van der Waals surface area contributed by atoms with Crippen LogP contribution in [0.15, 0.2) is 24.3 Å². The molecule has 1 saturated heterocycles. The number of nitrogens with one attached hydrogen (secondary N) is 2. The van der Waals surface area contributed by atoms with Crippen molar-refractivity contribution in [2.75, 3.05) is 23.7 Å². The lowest BCUT2D eigenvalue weighted by Gasteiger charge is -2.26. The molecule has 2 amide bonds. The monoisotopic (exact) mass is 572 g/mol. The van der Waals surface area contributed by atoms with Crippen molar-refractivity contribution in [3.8, 4) is 0 Å². The van der Waals surface area contributed by atoms with Crippen molar-refractivity contribution < 1.29 is 23.1 Å². The van der Waals surface area contributed by atoms with Gasteiger partial charge in [-0.05, 0) is 70.7 Å². The van der Waals surface area contributed by atoms with Crippen LogP contribution in [0.1, 0.15) is 53.8 Å². The molecule has 0 saturated carbocycles. The lowest BCUT2D eigenvalue weighted by atomic mass is 9.91. The van der Waals surface area contributed by atoms with Gasteiger partial charge in [-0.25, -0.2) is 23.5 Å². The van der Waals surface area contributed by atoms with Gasteiger partial charge in [0.25, 0.3) is 5.91 Å². The summed E-state index contributed by atoms with van der Waals surface area (Å²) in [6.45, 7) is 7.36. The molecule has 2 unspecified atom stereocenters. The number of aromatic nitrogens is 2. The molecule has 40 heavy (non-hydrogen) atoms. The van der Waals surface area contributed by atoms with Crippen LogP contribution in [0, 0.1) is 12.8 Å². The van der Waals surface area contributed by atoms with Crippen LogP contribution in [0.2, 0.25) is 0 Å². The van der Waals surface area contributed by atoms with E-state index < -0.39 is 30.1 Å². The molecular formula is C28H34F2N6O3S. The van der Waals surface area contributed by atoms with E-state index in [9.17, 15) is 18.4 Å². The molecule has 4 heterocycles. The zero-order valence-electron chi connectivity index (χ0n) is 23.0. The van der Waals surface area contributed by atoms with E-state index >= 15 is 0 Å². The van der Waals surface area contributed by atoms with Crippen molar-refractivity contribution in [1.29, 1.82) is 0 Å². The zero-order valence-corrected chi connectivity index (χ0v) is 23.8. The molecule has 1 fully saturated rings. The third-order valence-electron chi connectivity index (χ3n) is 7.24. The van der Waals surface area contributed by atoms with Crippen molar-refractivity contribution in [3.05, 3.63) is 46.1 Å². The number of hydrogen-bond donors (Lipinski definition) is 3. The molecule has 1 aliphatic heterocycles. The van der Waals surface area contributed by atoms with Crippen LogP contribution in [0.4, 0.5) is 25.1 Å². The SMILES string of the molecule is Cc1ccc2c(N)c(C(=O)N[C@H]3CCc4nc(N5CC(NC(=O)OC(C)(C)C)C(C(F)F)C5)ccc4C3)sc2n1. The second-order valence-electron chi connectivity index (χ2n) is 11.5. The van der Waals surface area contributed by atoms with Crippen molar-refractivity contribution in [1.82, 2.24) is 20.6 Å². The average Bonchev–Trinajstić information content (AvgIpc) is 3.43. The van der Waals surface area contributed by atoms with Crippen LogP contribution in [0.25, 0.3) is 10.2 Å². The molecule has 3 aromatic rings. The number of carbonyl (C=O) groups excluding carboxylic acids is 2. The van der Waals surface area contributed by atoms with Crippen LogP contribution in [-0.4, -0.2) is 59.2 Å².